The number of aryl methyl sites for hydroxylation is 1. The van der Waals surface area contributed by atoms with Gasteiger partial charge in [-0.2, -0.15) is 26.0 Å². The van der Waals surface area contributed by atoms with E-state index in [1.165, 1.54) is 44.6 Å². The normalized spacial score (nSPS) is 29.4. The molecule has 0 amide bonds. The van der Waals surface area contributed by atoms with Crippen LogP contribution in [-0.4, -0.2) is 6.10 Å². The summed E-state index contributed by atoms with van der Waals surface area (Å²) >= 11 is 0. The van der Waals surface area contributed by atoms with Gasteiger partial charge in [0.1, 0.15) is 11.9 Å². The van der Waals surface area contributed by atoms with Gasteiger partial charge in [0.25, 0.3) is 0 Å². The monoisotopic (exact) mass is 450 g/mol. The van der Waals surface area contributed by atoms with E-state index in [2.05, 4.69) is 6.42 Å². The third-order valence-electron chi connectivity index (χ3n) is 6.86. The van der Waals surface area contributed by atoms with Crippen molar-refractivity contribution in [2.75, 3.05) is 0 Å². The first-order valence-electron chi connectivity index (χ1n) is 10.2. The minimum Gasteiger partial charge on any atom is -0.489 e. The van der Waals surface area contributed by atoms with Crippen molar-refractivity contribution in [2.24, 2.45) is 17.8 Å². The van der Waals surface area contributed by atoms with Gasteiger partial charge in [-0.15, -0.1) is 0 Å². The van der Waals surface area contributed by atoms with Crippen LogP contribution in [-0.2, 0) is 12.6 Å². The number of hydrogen-bond donors (Lipinski definition) is 0. The summed E-state index contributed by atoms with van der Waals surface area (Å²) in [7, 11) is 0. The molecule has 2 saturated carbocycles. The SMILES string of the molecule is FC(F)(F)c1cccc2c1OC(C1CCC(C3CC[CH-]CC3)CC1)CC2.[Rb+]. The van der Waals surface area contributed by atoms with E-state index in [-0.39, 0.29) is 70.0 Å². The van der Waals surface area contributed by atoms with Crippen LogP contribution in [0.5, 0.6) is 5.75 Å². The molecule has 0 spiro atoms. The Hall–Kier alpha value is 0.615. The topological polar surface area (TPSA) is 9.23 Å². The van der Waals surface area contributed by atoms with Crippen molar-refractivity contribution >= 4 is 0 Å². The van der Waals surface area contributed by atoms with Crippen LogP contribution in [0.2, 0.25) is 0 Å². The second kappa shape index (κ2) is 9.62. The standard InChI is InChI=1S/C22H28F3O.Rb/c23-22(24,25)19-8-4-7-18-13-14-20(26-21(18)19)17-11-9-16(10-12-17)15-5-2-1-3-6-15;/h1,4,7-8,15-17,20H,2-3,5-6,9-14H2;/q-1;+1. The molecule has 2 fully saturated rings. The van der Waals surface area contributed by atoms with E-state index in [4.69, 9.17) is 4.74 Å². The van der Waals surface area contributed by atoms with Crippen molar-refractivity contribution in [3.05, 3.63) is 35.7 Å². The number of hydrogen-bond acceptors (Lipinski definition) is 1. The Bertz CT molecular complexity index is 616. The zero-order chi connectivity index (χ0) is 18.1. The van der Waals surface area contributed by atoms with E-state index in [9.17, 15) is 13.2 Å². The maximum absolute atomic E-state index is 13.3. The van der Waals surface area contributed by atoms with Gasteiger partial charge in [-0.1, -0.05) is 25.0 Å². The van der Waals surface area contributed by atoms with Gasteiger partial charge in [0.05, 0.1) is 5.56 Å². The molecule has 1 atom stereocenters. The molecule has 1 nitrogen and oxygen atoms in total. The quantitative estimate of drug-likeness (QED) is 0.626. The van der Waals surface area contributed by atoms with E-state index >= 15 is 0 Å². The molecule has 1 unspecified atom stereocenters. The predicted octanol–water partition coefficient (Wildman–Crippen LogP) is 3.60. The Kier molecular flexibility index (Phi) is 7.94. The van der Waals surface area contributed by atoms with Crippen LogP contribution in [0, 0.1) is 24.2 Å². The molecule has 5 heteroatoms. The van der Waals surface area contributed by atoms with Crippen molar-refractivity contribution < 1.29 is 76.1 Å². The molecule has 1 aromatic carbocycles. The fourth-order valence-corrected chi connectivity index (χ4v) is 5.40. The Morgan fingerprint density at radius 1 is 0.852 bits per heavy atom. The summed E-state index contributed by atoms with van der Waals surface area (Å²) in [5, 5.41) is 0. The van der Waals surface area contributed by atoms with Crippen LogP contribution in [0.3, 0.4) is 0 Å². The average Bonchev–Trinajstić information content (AvgIpc) is 2.67. The maximum atomic E-state index is 13.3. The number of rotatable bonds is 2. The molecule has 1 aromatic rings. The third kappa shape index (κ3) is 5.21. The summed E-state index contributed by atoms with van der Waals surface area (Å²) in [6.45, 7) is 0. The number of halogens is 3. The molecule has 0 N–H and O–H groups in total. The van der Waals surface area contributed by atoms with Gasteiger partial charge in [0.15, 0.2) is 0 Å². The van der Waals surface area contributed by atoms with Gasteiger partial charge in [0, 0.05) is 0 Å². The Morgan fingerprint density at radius 2 is 1.48 bits per heavy atom. The molecule has 27 heavy (non-hydrogen) atoms. The van der Waals surface area contributed by atoms with Gasteiger partial charge in [0.2, 0.25) is 0 Å². The maximum Gasteiger partial charge on any atom is 1.00 e. The fourth-order valence-electron chi connectivity index (χ4n) is 5.40. The molecular weight excluding hydrogens is 423 g/mol. The van der Waals surface area contributed by atoms with Gasteiger partial charge in [-0.05, 0) is 67.9 Å². The summed E-state index contributed by atoms with van der Waals surface area (Å²) < 4.78 is 45.9. The number of para-hydroxylation sites is 1. The first kappa shape index (κ1) is 22.3. The molecule has 0 saturated heterocycles. The van der Waals surface area contributed by atoms with E-state index in [1.807, 2.05) is 0 Å². The summed E-state index contributed by atoms with van der Waals surface area (Å²) in [4.78, 5) is 0. The average molecular weight is 451 g/mol. The molecular formula is C22H28F3ORb. The third-order valence-corrected chi connectivity index (χ3v) is 6.86. The van der Waals surface area contributed by atoms with E-state index in [0.717, 1.165) is 37.2 Å². The Labute approximate surface area is 209 Å². The van der Waals surface area contributed by atoms with Crippen molar-refractivity contribution in [2.45, 2.75) is 76.5 Å². The molecule has 4 rings (SSSR count). The van der Waals surface area contributed by atoms with Gasteiger partial charge in [-0.3, -0.25) is 0 Å². The van der Waals surface area contributed by atoms with Gasteiger partial charge < -0.3 is 11.2 Å². The largest absolute Gasteiger partial charge is 1.00 e. The second-order valence-electron chi connectivity index (χ2n) is 8.36. The minimum absolute atomic E-state index is 0. The number of fused-ring (bicyclic) bond motifs is 1. The van der Waals surface area contributed by atoms with Crippen LogP contribution >= 0.6 is 0 Å². The molecule has 0 bridgehead atoms. The molecule has 0 radical (unpaired) electrons. The number of benzene rings is 1. The smallest absolute Gasteiger partial charge is 0.489 e. The van der Waals surface area contributed by atoms with Crippen LogP contribution < -0.4 is 62.9 Å². The van der Waals surface area contributed by atoms with Crippen LogP contribution in [0.1, 0.15) is 68.9 Å². The molecule has 0 aromatic heterocycles. The van der Waals surface area contributed by atoms with E-state index in [1.54, 1.807) is 6.07 Å². The van der Waals surface area contributed by atoms with E-state index in [0.29, 0.717) is 17.9 Å². The number of ether oxygens (including phenoxy) is 1. The van der Waals surface area contributed by atoms with Crippen LogP contribution in [0.4, 0.5) is 13.2 Å². The first-order valence-corrected chi connectivity index (χ1v) is 10.2. The van der Waals surface area contributed by atoms with Crippen molar-refractivity contribution in [1.82, 2.24) is 0 Å². The molecule has 1 heterocycles. The fraction of sp³-hybridized carbons (Fsp3) is 0.682. The summed E-state index contributed by atoms with van der Waals surface area (Å²) in [6, 6.07) is 4.42. The van der Waals surface area contributed by atoms with Crippen molar-refractivity contribution in [1.29, 1.82) is 0 Å². The van der Waals surface area contributed by atoms with Crippen LogP contribution in [0.15, 0.2) is 18.2 Å². The zero-order valence-electron chi connectivity index (χ0n) is 16.2. The van der Waals surface area contributed by atoms with Gasteiger partial charge in [-0.25, -0.2) is 0 Å². The molecule has 144 valence electrons. The first-order chi connectivity index (χ1) is 12.5. The van der Waals surface area contributed by atoms with Crippen molar-refractivity contribution in [3.8, 4) is 5.75 Å². The van der Waals surface area contributed by atoms with E-state index < -0.39 is 11.7 Å². The molecule has 3 aliphatic rings. The Balaban J connectivity index is 0.00000210. The van der Waals surface area contributed by atoms with Gasteiger partial charge >= 0.3 is 64.4 Å². The predicted molar refractivity (Wildman–Crippen MR) is 95.9 cm³/mol. The minimum atomic E-state index is -4.34. The second-order valence-corrected chi connectivity index (χ2v) is 8.36. The number of alkyl halides is 3. The van der Waals surface area contributed by atoms with Crippen molar-refractivity contribution in [3.63, 3.8) is 0 Å². The van der Waals surface area contributed by atoms with Crippen LogP contribution in [0.25, 0.3) is 0 Å². The molecule has 1 aliphatic heterocycles. The zero-order valence-corrected chi connectivity index (χ0v) is 21.1. The molecule has 2 aliphatic carbocycles. The Morgan fingerprint density at radius 3 is 2.15 bits per heavy atom. The summed E-state index contributed by atoms with van der Waals surface area (Å²) in [6.07, 6.45) is 9.41. The summed E-state index contributed by atoms with van der Waals surface area (Å²) in [5.74, 6) is 2.20. The summed E-state index contributed by atoms with van der Waals surface area (Å²) in [5.41, 5.74) is 0.107.